The maximum absolute atomic E-state index is 12.0. The van der Waals surface area contributed by atoms with E-state index >= 15 is 0 Å². The average Bonchev–Trinajstić information content (AvgIpc) is 2.25. The van der Waals surface area contributed by atoms with Gasteiger partial charge in [-0.1, -0.05) is 0 Å². The molecule has 3 nitrogen and oxygen atoms in total. The molecule has 1 aliphatic heterocycles. The quantitative estimate of drug-likeness (QED) is 0.834. The Morgan fingerprint density at radius 1 is 1.53 bits per heavy atom. The summed E-state index contributed by atoms with van der Waals surface area (Å²) in [6.45, 7) is 2.92. The van der Waals surface area contributed by atoms with Crippen LogP contribution in [0.3, 0.4) is 0 Å². The number of carbonyl (C=O) groups excluding carboxylic acids is 1. The zero-order chi connectivity index (χ0) is 13.1. The Hall–Kier alpha value is -0.780. The molecule has 2 atom stereocenters. The summed E-state index contributed by atoms with van der Waals surface area (Å²) in [7, 11) is 0. The van der Waals surface area contributed by atoms with Crippen LogP contribution in [0.2, 0.25) is 0 Å². The highest BCUT2D eigenvalue weighted by Crippen LogP contribution is 2.24. The molecule has 1 fully saturated rings. The number of nitrogens with two attached hydrogens (primary N) is 1. The molecule has 0 radical (unpaired) electrons. The van der Waals surface area contributed by atoms with E-state index in [9.17, 15) is 18.0 Å². The number of amides is 1. The number of likely N-dealkylation sites (tertiary alicyclic amines) is 1. The van der Waals surface area contributed by atoms with Crippen LogP contribution >= 0.6 is 0 Å². The number of alkyl halides is 3. The van der Waals surface area contributed by atoms with E-state index in [1.54, 1.807) is 0 Å². The van der Waals surface area contributed by atoms with Crippen molar-refractivity contribution >= 4 is 5.91 Å². The van der Waals surface area contributed by atoms with Gasteiger partial charge in [0.1, 0.15) is 0 Å². The second kappa shape index (κ2) is 5.71. The van der Waals surface area contributed by atoms with E-state index in [0.29, 0.717) is 13.1 Å². The fraction of sp³-hybridized carbons (Fsp3) is 0.909. The van der Waals surface area contributed by atoms with Crippen LogP contribution < -0.4 is 5.73 Å². The molecule has 0 spiro atoms. The average molecular weight is 252 g/mol. The zero-order valence-corrected chi connectivity index (χ0v) is 9.96. The molecule has 17 heavy (non-hydrogen) atoms. The van der Waals surface area contributed by atoms with Gasteiger partial charge in [-0.15, -0.1) is 0 Å². The Labute approximate surface area is 99.1 Å². The van der Waals surface area contributed by atoms with Crippen molar-refractivity contribution in [3.63, 3.8) is 0 Å². The fourth-order valence-electron chi connectivity index (χ4n) is 2.07. The molecular formula is C11H19F3N2O. The maximum Gasteiger partial charge on any atom is 0.389 e. The van der Waals surface area contributed by atoms with Crippen molar-refractivity contribution in [1.82, 2.24) is 4.90 Å². The molecule has 0 bridgehead atoms. The van der Waals surface area contributed by atoms with Crippen molar-refractivity contribution in [3.8, 4) is 0 Å². The minimum absolute atomic E-state index is 0.0202. The summed E-state index contributed by atoms with van der Waals surface area (Å²) in [4.78, 5) is 13.1. The summed E-state index contributed by atoms with van der Waals surface area (Å²) < 4.78 is 36.0. The Kier molecular flexibility index (Phi) is 4.80. The first-order valence-corrected chi connectivity index (χ1v) is 5.89. The largest absolute Gasteiger partial charge is 0.389 e. The van der Waals surface area contributed by atoms with Crippen LogP contribution in [0.15, 0.2) is 0 Å². The number of halogens is 3. The van der Waals surface area contributed by atoms with E-state index in [4.69, 9.17) is 5.73 Å². The second-order valence-electron chi connectivity index (χ2n) is 4.72. The van der Waals surface area contributed by atoms with Crippen LogP contribution in [0.4, 0.5) is 13.2 Å². The van der Waals surface area contributed by atoms with Gasteiger partial charge in [-0.2, -0.15) is 13.2 Å². The first-order chi connectivity index (χ1) is 7.79. The molecule has 0 saturated carbocycles. The molecule has 1 rings (SSSR count). The van der Waals surface area contributed by atoms with E-state index in [-0.39, 0.29) is 12.0 Å². The molecule has 1 amide bonds. The van der Waals surface area contributed by atoms with Crippen molar-refractivity contribution in [3.05, 3.63) is 0 Å². The van der Waals surface area contributed by atoms with Crippen LogP contribution in [-0.2, 0) is 4.79 Å². The lowest BCUT2D eigenvalue weighted by Gasteiger charge is -2.34. The number of rotatable bonds is 3. The molecule has 1 aliphatic rings. The molecule has 2 N–H and O–H groups in total. The van der Waals surface area contributed by atoms with Gasteiger partial charge in [-0.3, -0.25) is 4.79 Å². The van der Waals surface area contributed by atoms with Gasteiger partial charge in [0.15, 0.2) is 0 Å². The van der Waals surface area contributed by atoms with Gasteiger partial charge < -0.3 is 10.6 Å². The number of hydrogen-bond acceptors (Lipinski definition) is 2. The molecule has 1 saturated heterocycles. The standard InChI is InChI=1S/C11H19F3N2O/c1-8(15)9-3-2-6-16(7-9)10(17)4-5-11(12,13)14/h8-9H,2-7,15H2,1H3. The van der Waals surface area contributed by atoms with Crippen LogP contribution in [-0.4, -0.2) is 36.1 Å². The minimum atomic E-state index is -4.26. The van der Waals surface area contributed by atoms with Gasteiger partial charge in [0.2, 0.25) is 5.91 Å². The van der Waals surface area contributed by atoms with Gasteiger partial charge in [0, 0.05) is 25.6 Å². The fourth-order valence-corrected chi connectivity index (χ4v) is 2.07. The number of piperidine rings is 1. The summed E-state index contributed by atoms with van der Waals surface area (Å²) in [5.74, 6) is -0.203. The number of nitrogens with zero attached hydrogens (tertiary/aromatic N) is 1. The van der Waals surface area contributed by atoms with Gasteiger partial charge in [-0.25, -0.2) is 0 Å². The molecule has 0 aromatic heterocycles. The zero-order valence-electron chi connectivity index (χ0n) is 9.96. The van der Waals surface area contributed by atoms with Crippen molar-refractivity contribution in [2.45, 2.75) is 44.8 Å². The predicted molar refractivity (Wildman–Crippen MR) is 58.2 cm³/mol. The molecule has 0 aliphatic carbocycles. The summed E-state index contributed by atoms with van der Waals surface area (Å²) >= 11 is 0. The minimum Gasteiger partial charge on any atom is -0.342 e. The Bertz CT molecular complexity index is 266. The van der Waals surface area contributed by atoms with Crippen LogP contribution in [0.1, 0.15) is 32.6 Å². The van der Waals surface area contributed by atoms with E-state index in [1.165, 1.54) is 4.90 Å². The smallest absolute Gasteiger partial charge is 0.342 e. The lowest BCUT2D eigenvalue weighted by molar-refractivity contribution is -0.150. The van der Waals surface area contributed by atoms with Crippen molar-refractivity contribution in [1.29, 1.82) is 0 Å². The Morgan fingerprint density at radius 2 is 2.18 bits per heavy atom. The van der Waals surface area contributed by atoms with Gasteiger partial charge in [-0.05, 0) is 25.7 Å². The highest BCUT2D eigenvalue weighted by molar-refractivity contribution is 5.76. The van der Waals surface area contributed by atoms with E-state index in [1.807, 2.05) is 6.92 Å². The summed E-state index contributed by atoms with van der Waals surface area (Å²) in [6, 6.07) is -0.0202. The molecule has 1 heterocycles. The Morgan fingerprint density at radius 3 is 2.71 bits per heavy atom. The topological polar surface area (TPSA) is 46.3 Å². The summed E-state index contributed by atoms with van der Waals surface area (Å²) in [6.07, 6.45) is -3.98. The lowest BCUT2D eigenvalue weighted by Crippen LogP contribution is -2.45. The summed E-state index contributed by atoms with van der Waals surface area (Å²) in [5.41, 5.74) is 5.75. The first kappa shape index (κ1) is 14.3. The number of hydrogen-bond donors (Lipinski definition) is 1. The van der Waals surface area contributed by atoms with Gasteiger partial charge >= 0.3 is 6.18 Å². The third-order valence-electron chi connectivity index (χ3n) is 3.18. The monoisotopic (exact) mass is 252 g/mol. The van der Waals surface area contributed by atoms with Crippen LogP contribution in [0.25, 0.3) is 0 Å². The predicted octanol–water partition coefficient (Wildman–Crippen LogP) is 1.91. The normalized spacial score (nSPS) is 23.6. The highest BCUT2D eigenvalue weighted by Gasteiger charge is 2.31. The van der Waals surface area contributed by atoms with E-state index in [0.717, 1.165) is 12.8 Å². The van der Waals surface area contributed by atoms with E-state index in [2.05, 4.69) is 0 Å². The molecule has 100 valence electrons. The molecular weight excluding hydrogens is 233 g/mol. The van der Waals surface area contributed by atoms with Crippen molar-refractivity contribution in [2.24, 2.45) is 11.7 Å². The Balaban J connectivity index is 2.41. The highest BCUT2D eigenvalue weighted by atomic mass is 19.4. The lowest BCUT2D eigenvalue weighted by atomic mass is 9.92. The molecule has 2 unspecified atom stereocenters. The van der Waals surface area contributed by atoms with Crippen molar-refractivity contribution < 1.29 is 18.0 Å². The third-order valence-corrected chi connectivity index (χ3v) is 3.18. The van der Waals surface area contributed by atoms with Crippen molar-refractivity contribution in [2.75, 3.05) is 13.1 Å². The third kappa shape index (κ3) is 4.93. The maximum atomic E-state index is 12.0. The van der Waals surface area contributed by atoms with Crippen LogP contribution in [0.5, 0.6) is 0 Å². The molecule has 0 aromatic rings. The molecule has 0 aromatic carbocycles. The second-order valence-corrected chi connectivity index (χ2v) is 4.72. The van der Waals surface area contributed by atoms with Crippen LogP contribution in [0, 0.1) is 5.92 Å². The van der Waals surface area contributed by atoms with Gasteiger partial charge in [0.05, 0.1) is 6.42 Å². The SMILES string of the molecule is CC(N)C1CCCN(C(=O)CCC(F)(F)F)C1. The number of carbonyl (C=O) groups is 1. The van der Waals surface area contributed by atoms with E-state index < -0.39 is 24.9 Å². The molecule has 6 heteroatoms. The van der Waals surface area contributed by atoms with Gasteiger partial charge in [0.25, 0.3) is 0 Å². The summed E-state index contributed by atoms with van der Waals surface area (Å²) in [5, 5.41) is 0. The first-order valence-electron chi connectivity index (χ1n) is 5.89.